The quantitative estimate of drug-likeness (QED) is 0.575. The summed E-state index contributed by atoms with van der Waals surface area (Å²) in [5, 5.41) is 0. The molecule has 0 saturated heterocycles. The summed E-state index contributed by atoms with van der Waals surface area (Å²) in [7, 11) is 5.64. The van der Waals surface area contributed by atoms with Gasteiger partial charge in [0, 0.05) is 12.1 Å². The molecule has 0 radical (unpaired) electrons. The molecule has 0 aliphatic carbocycles. The molecule has 0 spiro atoms. The van der Waals surface area contributed by atoms with Crippen LogP contribution in [0, 0.1) is 0 Å². The van der Waals surface area contributed by atoms with Gasteiger partial charge in [0.15, 0.2) is 11.5 Å². The Balaban J connectivity index is 3.23. The molecule has 17 heavy (non-hydrogen) atoms. The molecule has 0 saturated carbocycles. The normalized spacial score (nSPS) is 9.65. The smallest absolute Gasteiger partial charge is 0.376 e. The number of rotatable bonds is 5. The summed E-state index contributed by atoms with van der Waals surface area (Å²) in [6, 6.07) is 2.99. The molecular weight excluding hydrogens is 228 g/mol. The van der Waals surface area contributed by atoms with Gasteiger partial charge in [-0.3, -0.25) is 4.89 Å². The van der Waals surface area contributed by atoms with Gasteiger partial charge in [0.2, 0.25) is 0 Å². The highest BCUT2D eigenvalue weighted by molar-refractivity contribution is 5.93. The van der Waals surface area contributed by atoms with Gasteiger partial charge >= 0.3 is 5.97 Å². The molecule has 94 valence electrons. The summed E-state index contributed by atoms with van der Waals surface area (Å²) >= 11 is 0. The van der Waals surface area contributed by atoms with Crippen molar-refractivity contribution in [3.63, 3.8) is 0 Å². The fourth-order valence-corrected chi connectivity index (χ4v) is 1.31. The average Bonchev–Trinajstić information content (AvgIpc) is 2.37. The van der Waals surface area contributed by atoms with Crippen LogP contribution in [0.4, 0.5) is 0 Å². The molecule has 6 nitrogen and oxygen atoms in total. The Morgan fingerprint density at radius 2 is 1.41 bits per heavy atom. The van der Waals surface area contributed by atoms with Crippen LogP contribution < -0.4 is 14.2 Å². The minimum absolute atomic E-state index is 0.187. The lowest BCUT2D eigenvalue weighted by Crippen LogP contribution is -2.07. The molecule has 0 bridgehead atoms. The van der Waals surface area contributed by atoms with Crippen molar-refractivity contribution in [1.29, 1.82) is 0 Å². The highest BCUT2D eigenvalue weighted by Crippen LogP contribution is 2.34. The molecular formula is C11H14O6. The summed E-state index contributed by atoms with van der Waals surface area (Å²) < 4.78 is 15.2. The average molecular weight is 242 g/mol. The first-order chi connectivity index (χ1) is 8.17. The fraction of sp³-hybridized carbons (Fsp3) is 0.364. The van der Waals surface area contributed by atoms with Gasteiger partial charge in [-0.15, -0.1) is 0 Å². The second kappa shape index (κ2) is 5.95. The highest BCUT2D eigenvalue weighted by Gasteiger charge is 2.19. The predicted octanol–water partition coefficient (Wildman–Crippen LogP) is 1.43. The van der Waals surface area contributed by atoms with Gasteiger partial charge in [-0.05, 0) is 0 Å². The van der Waals surface area contributed by atoms with E-state index in [1.54, 1.807) is 0 Å². The standard InChI is InChI=1S/C11H14O6/c1-13-8-6-10(15-3)9(14-2)5-7(8)11(12)17-16-4/h5-6H,1-4H3. The molecule has 0 aliphatic rings. The Kier molecular flexibility index (Phi) is 4.59. The fourth-order valence-electron chi connectivity index (χ4n) is 1.31. The van der Waals surface area contributed by atoms with E-state index in [1.807, 2.05) is 0 Å². The molecule has 1 rings (SSSR count). The number of methoxy groups -OCH3 is 3. The summed E-state index contributed by atoms with van der Waals surface area (Å²) in [6.45, 7) is 0. The van der Waals surface area contributed by atoms with E-state index in [0.717, 1.165) is 0 Å². The van der Waals surface area contributed by atoms with Gasteiger partial charge in [0.1, 0.15) is 11.3 Å². The SMILES string of the molecule is COOC(=O)c1cc(OC)c(OC)cc1OC. The molecule has 0 unspecified atom stereocenters. The molecule has 0 aromatic heterocycles. The van der Waals surface area contributed by atoms with Crippen molar-refractivity contribution in [2.45, 2.75) is 0 Å². The van der Waals surface area contributed by atoms with Crippen LogP contribution in [0.1, 0.15) is 10.4 Å². The number of hydrogen-bond donors (Lipinski definition) is 0. The number of hydrogen-bond acceptors (Lipinski definition) is 6. The molecule has 0 aliphatic heterocycles. The maximum atomic E-state index is 11.6. The third kappa shape index (κ3) is 2.79. The van der Waals surface area contributed by atoms with Gasteiger partial charge in [0.25, 0.3) is 0 Å². The largest absolute Gasteiger partial charge is 0.496 e. The van der Waals surface area contributed by atoms with Crippen LogP contribution in [0.15, 0.2) is 12.1 Å². The predicted molar refractivity (Wildman–Crippen MR) is 58.5 cm³/mol. The molecule has 1 aromatic carbocycles. The van der Waals surface area contributed by atoms with Crippen molar-refractivity contribution in [2.75, 3.05) is 28.4 Å². The van der Waals surface area contributed by atoms with Crippen molar-refractivity contribution in [3.05, 3.63) is 17.7 Å². The third-order valence-corrected chi connectivity index (χ3v) is 2.08. The lowest BCUT2D eigenvalue weighted by molar-refractivity contribution is -0.216. The van der Waals surface area contributed by atoms with Gasteiger partial charge in [-0.25, -0.2) is 4.79 Å². The second-order valence-corrected chi connectivity index (χ2v) is 2.94. The Hall–Kier alpha value is -1.95. The first-order valence-corrected chi connectivity index (χ1v) is 4.72. The van der Waals surface area contributed by atoms with Gasteiger partial charge < -0.3 is 14.2 Å². The summed E-state index contributed by atoms with van der Waals surface area (Å²) in [5.41, 5.74) is 0.187. The van der Waals surface area contributed by atoms with Crippen molar-refractivity contribution in [3.8, 4) is 17.2 Å². The number of benzene rings is 1. The van der Waals surface area contributed by atoms with E-state index in [1.165, 1.54) is 40.6 Å². The topological polar surface area (TPSA) is 63.2 Å². The van der Waals surface area contributed by atoms with Crippen LogP contribution in [0.3, 0.4) is 0 Å². The number of ether oxygens (including phenoxy) is 3. The van der Waals surface area contributed by atoms with Crippen LogP contribution in [-0.4, -0.2) is 34.4 Å². The van der Waals surface area contributed by atoms with Crippen LogP contribution in [0.5, 0.6) is 17.2 Å². The molecule has 0 N–H and O–H groups in total. The van der Waals surface area contributed by atoms with E-state index in [2.05, 4.69) is 9.78 Å². The van der Waals surface area contributed by atoms with Crippen molar-refractivity contribution in [1.82, 2.24) is 0 Å². The maximum absolute atomic E-state index is 11.6. The van der Waals surface area contributed by atoms with Crippen molar-refractivity contribution >= 4 is 5.97 Å². The van der Waals surface area contributed by atoms with Crippen molar-refractivity contribution < 1.29 is 28.8 Å². The minimum Gasteiger partial charge on any atom is -0.496 e. The van der Waals surface area contributed by atoms with E-state index in [9.17, 15) is 4.79 Å². The van der Waals surface area contributed by atoms with Crippen LogP contribution in [0.25, 0.3) is 0 Å². The molecule has 6 heteroatoms. The zero-order chi connectivity index (χ0) is 12.8. The molecule has 0 fully saturated rings. The van der Waals surface area contributed by atoms with Crippen LogP contribution in [-0.2, 0) is 9.78 Å². The molecule has 0 heterocycles. The molecule has 0 amide bonds. The Morgan fingerprint density at radius 3 is 1.88 bits per heavy atom. The molecule has 1 aromatic rings. The number of carbonyl (C=O) groups excluding carboxylic acids is 1. The zero-order valence-corrected chi connectivity index (χ0v) is 10.1. The van der Waals surface area contributed by atoms with Crippen molar-refractivity contribution in [2.24, 2.45) is 0 Å². The summed E-state index contributed by atoms with van der Waals surface area (Å²) in [6.07, 6.45) is 0. The van der Waals surface area contributed by atoms with Gasteiger partial charge in [-0.2, -0.15) is 4.89 Å². The first-order valence-electron chi connectivity index (χ1n) is 4.72. The minimum atomic E-state index is -0.676. The first kappa shape index (κ1) is 13.1. The lowest BCUT2D eigenvalue weighted by Gasteiger charge is -2.12. The van der Waals surface area contributed by atoms with Gasteiger partial charge in [-0.1, -0.05) is 0 Å². The van der Waals surface area contributed by atoms with E-state index < -0.39 is 5.97 Å². The van der Waals surface area contributed by atoms with E-state index in [-0.39, 0.29) is 5.56 Å². The number of carbonyl (C=O) groups is 1. The third-order valence-electron chi connectivity index (χ3n) is 2.08. The van der Waals surface area contributed by atoms with E-state index in [4.69, 9.17) is 14.2 Å². The van der Waals surface area contributed by atoms with Crippen LogP contribution >= 0.6 is 0 Å². The summed E-state index contributed by atoms with van der Waals surface area (Å²) in [5.74, 6) is 0.490. The maximum Gasteiger partial charge on any atom is 0.376 e. The second-order valence-electron chi connectivity index (χ2n) is 2.94. The lowest BCUT2D eigenvalue weighted by atomic mass is 10.1. The van der Waals surface area contributed by atoms with Gasteiger partial charge in [0.05, 0.1) is 28.4 Å². The molecule has 0 atom stereocenters. The monoisotopic (exact) mass is 242 g/mol. The van der Waals surface area contributed by atoms with E-state index in [0.29, 0.717) is 17.2 Å². The highest BCUT2D eigenvalue weighted by atomic mass is 17.2. The Morgan fingerprint density at radius 1 is 0.882 bits per heavy atom. The zero-order valence-electron chi connectivity index (χ0n) is 10.1. The summed E-state index contributed by atoms with van der Waals surface area (Å²) in [4.78, 5) is 20.3. The Bertz CT molecular complexity index is 401. The Labute approximate surface area is 98.9 Å². The van der Waals surface area contributed by atoms with Crippen LogP contribution in [0.2, 0.25) is 0 Å². The van der Waals surface area contributed by atoms with E-state index >= 15 is 0 Å².